The van der Waals surface area contributed by atoms with Gasteiger partial charge in [-0.15, -0.1) is 0 Å². The second-order valence-electron chi connectivity index (χ2n) is 4.73. The lowest BCUT2D eigenvalue weighted by Crippen LogP contribution is -2.19. The van der Waals surface area contributed by atoms with Crippen molar-refractivity contribution >= 4 is 11.6 Å². The summed E-state index contributed by atoms with van der Waals surface area (Å²) in [6.07, 6.45) is 8.32. The standard InChI is InChI=1S/C12H21N5/c1-9-11(15-8-16-12(9)17-13)14-7-10-5-3-2-4-6-10/h8,10H,2-7,13H2,1H3,(H2,14,15,16,17). The number of nitrogens with one attached hydrogen (secondary N) is 2. The van der Waals surface area contributed by atoms with Crippen molar-refractivity contribution in [3.63, 3.8) is 0 Å². The Morgan fingerprint density at radius 2 is 1.94 bits per heavy atom. The highest BCUT2D eigenvalue weighted by Crippen LogP contribution is 2.24. The van der Waals surface area contributed by atoms with E-state index in [9.17, 15) is 0 Å². The maximum atomic E-state index is 5.39. The van der Waals surface area contributed by atoms with Crippen molar-refractivity contribution in [1.82, 2.24) is 9.97 Å². The molecule has 0 aliphatic heterocycles. The predicted octanol–water partition coefficient (Wildman–Crippen LogP) is 2.06. The van der Waals surface area contributed by atoms with Gasteiger partial charge in [-0.1, -0.05) is 19.3 Å². The van der Waals surface area contributed by atoms with Crippen molar-refractivity contribution in [2.45, 2.75) is 39.0 Å². The lowest BCUT2D eigenvalue weighted by atomic mass is 9.89. The molecule has 0 bridgehead atoms. The smallest absolute Gasteiger partial charge is 0.148 e. The molecule has 0 radical (unpaired) electrons. The Morgan fingerprint density at radius 1 is 1.24 bits per heavy atom. The van der Waals surface area contributed by atoms with E-state index in [2.05, 4.69) is 20.7 Å². The molecule has 0 saturated heterocycles. The monoisotopic (exact) mass is 235 g/mol. The van der Waals surface area contributed by atoms with Crippen molar-refractivity contribution in [1.29, 1.82) is 0 Å². The summed E-state index contributed by atoms with van der Waals surface area (Å²) >= 11 is 0. The molecule has 0 amide bonds. The molecule has 1 aliphatic rings. The quantitative estimate of drug-likeness (QED) is 0.550. The van der Waals surface area contributed by atoms with Crippen molar-refractivity contribution < 1.29 is 0 Å². The fourth-order valence-electron chi connectivity index (χ4n) is 2.41. The van der Waals surface area contributed by atoms with Crippen LogP contribution in [0.25, 0.3) is 0 Å². The SMILES string of the molecule is Cc1c(NN)ncnc1NCC1CCCCC1. The minimum Gasteiger partial charge on any atom is -0.369 e. The second-order valence-corrected chi connectivity index (χ2v) is 4.73. The van der Waals surface area contributed by atoms with Gasteiger partial charge in [0.2, 0.25) is 0 Å². The highest BCUT2D eigenvalue weighted by molar-refractivity contribution is 5.55. The van der Waals surface area contributed by atoms with E-state index in [4.69, 9.17) is 5.84 Å². The van der Waals surface area contributed by atoms with Crippen LogP contribution in [-0.2, 0) is 0 Å². The van der Waals surface area contributed by atoms with E-state index in [-0.39, 0.29) is 0 Å². The molecule has 0 aromatic carbocycles. The number of nitrogens with two attached hydrogens (primary N) is 1. The van der Waals surface area contributed by atoms with Crippen molar-refractivity contribution in [3.05, 3.63) is 11.9 Å². The Kier molecular flexibility index (Phi) is 4.14. The van der Waals surface area contributed by atoms with Crippen molar-refractivity contribution in [2.75, 3.05) is 17.3 Å². The molecular formula is C12H21N5. The molecule has 0 unspecified atom stereocenters. The van der Waals surface area contributed by atoms with Gasteiger partial charge in [0.1, 0.15) is 18.0 Å². The molecule has 17 heavy (non-hydrogen) atoms. The van der Waals surface area contributed by atoms with E-state index in [0.29, 0.717) is 5.82 Å². The Bertz CT molecular complexity index is 360. The first kappa shape index (κ1) is 12.1. The van der Waals surface area contributed by atoms with Gasteiger partial charge in [0.05, 0.1) is 0 Å². The number of nitrogens with zero attached hydrogens (tertiary/aromatic N) is 2. The largest absolute Gasteiger partial charge is 0.369 e. The molecule has 1 heterocycles. The highest BCUT2D eigenvalue weighted by atomic mass is 15.3. The average Bonchev–Trinajstić information content (AvgIpc) is 2.39. The van der Waals surface area contributed by atoms with Gasteiger partial charge in [0.15, 0.2) is 0 Å². The average molecular weight is 235 g/mol. The van der Waals surface area contributed by atoms with Crippen LogP contribution in [0.2, 0.25) is 0 Å². The van der Waals surface area contributed by atoms with Gasteiger partial charge in [-0.2, -0.15) is 0 Å². The molecule has 1 aromatic heterocycles. The lowest BCUT2D eigenvalue weighted by Gasteiger charge is -2.22. The fraction of sp³-hybridized carbons (Fsp3) is 0.667. The van der Waals surface area contributed by atoms with Gasteiger partial charge in [0.25, 0.3) is 0 Å². The van der Waals surface area contributed by atoms with Crippen LogP contribution < -0.4 is 16.6 Å². The topological polar surface area (TPSA) is 75.9 Å². The molecule has 5 nitrogen and oxygen atoms in total. The molecular weight excluding hydrogens is 214 g/mol. The van der Waals surface area contributed by atoms with Crippen LogP contribution in [0, 0.1) is 12.8 Å². The summed E-state index contributed by atoms with van der Waals surface area (Å²) in [6, 6.07) is 0. The number of hydrogen-bond donors (Lipinski definition) is 3. The zero-order chi connectivity index (χ0) is 12.1. The number of nitrogen functional groups attached to an aromatic ring is 1. The van der Waals surface area contributed by atoms with E-state index < -0.39 is 0 Å². The summed E-state index contributed by atoms with van der Waals surface area (Å²) in [7, 11) is 0. The van der Waals surface area contributed by atoms with Gasteiger partial charge >= 0.3 is 0 Å². The molecule has 0 spiro atoms. The lowest BCUT2D eigenvalue weighted by molar-refractivity contribution is 0.373. The summed E-state index contributed by atoms with van der Waals surface area (Å²) < 4.78 is 0. The summed E-state index contributed by atoms with van der Waals surface area (Å²) in [5.41, 5.74) is 3.56. The van der Waals surface area contributed by atoms with Crippen LogP contribution in [0.3, 0.4) is 0 Å². The van der Waals surface area contributed by atoms with E-state index in [0.717, 1.165) is 23.8 Å². The normalized spacial score (nSPS) is 16.8. The minimum atomic E-state index is 0.686. The third-order valence-electron chi connectivity index (χ3n) is 3.50. The molecule has 1 aromatic rings. The third kappa shape index (κ3) is 3.06. The molecule has 0 atom stereocenters. The van der Waals surface area contributed by atoms with E-state index in [1.807, 2.05) is 6.92 Å². The van der Waals surface area contributed by atoms with Gasteiger partial charge in [-0.3, -0.25) is 0 Å². The summed E-state index contributed by atoms with van der Waals surface area (Å²) in [6.45, 7) is 2.97. The molecule has 1 fully saturated rings. The first-order valence-electron chi connectivity index (χ1n) is 6.33. The van der Waals surface area contributed by atoms with Crippen LogP contribution in [0.5, 0.6) is 0 Å². The number of hydrogen-bond acceptors (Lipinski definition) is 5. The van der Waals surface area contributed by atoms with Gasteiger partial charge in [-0.05, 0) is 25.7 Å². The third-order valence-corrected chi connectivity index (χ3v) is 3.50. The first-order valence-corrected chi connectivity index (χ1v) is 6.33. The van der Waals surface area contributed by atoms with Gasteiger partial charge in [0, 0.05) is 12.1 Å². The van der Waals surface area contributed by atoms with E-state index in [1.54, 1.807) is 0 Å². The molecule has 1 saturated carbocycles. The van der Waals surface area contributed by atoms with Crippen molar-refractivity contribution in [3.8, 4) is 0 Å². The number of anilines is 2. The Hall–Kier alpha value is -1.36. The van der Waals surface area contributed by atoms with E-state index >= 15 is 0 Å². The number of aromatic nitrogens is 2. The Balaban J connectivity index is 1.93. The maximum absolute atomic E-state index is 5.39. The molecule has 1 aliphatic carbocycles. The van der Waals surface area contributed by atoms with Crippen LogP contribution >= 0.6 is 0 Å². The van der Waals surface area contributed by atoms with Crippen LogP contribution in [-0.4, -0.2) is 16.5 Å². The molecule has 4 N–H and O–H groups in total. The maximum Gasteiger partial charge on any atom is 0.148 e. The second kappa shape index (κ2) is 5.82. The number of hydrazine groups is 1. The number of rotatable bonds is 4. The van der Waals surface area contributed by atoms with Gasteiger partial charge < -0.3 is 10.7 Å². The van der Waals surface area contributed by atoms with Crippen LogP contribution in [0.4, 0.5) is 11.6 Å². The van der Waals surface area contributed by atoms with Crippen molar-refractivity contribution in [2.24, 2.45) is 11.8 Å². The molecule has 5 heteroatoms. The van der Waals surface area contributed by atoms with E-state index in [1.165, 1.54) is 38.4 Å². The summed E-state index contributed by atoms with van der Waals surface area (Å²) in [5, 5.41) is 3.41. The zero-order valence-electron chi connectivity index (χ0n) is 10.4. The molecule has 94 valence electrons. The Morgan fingerprint density at radius 3 is 2.65 bits per heavy atom. The predicted molar refractivity (Wildman–Crippen MR) is 69.6 cm³/mol. The van der Waals surface area contributed by atoms with Crippen LogP contribution in [0.1, 0.15) is 37.7 Å². The first-order chi connectivity index (χ1) is 8.31. The summed E-state index contributed by atoms with van der Waals surface area (Å²) in [5.74, 6) is 7.75. The Labute approximate surface area is 102 Å². The van der Waals surface area contributed by atoms with Gasteiger partial charge in [-0.25, -0.2) is 15.8 Å². The zero-order valence-corrected chi connectivity index (χ0v) is 10.4. The highest BCUT2D eigenvalue weighted by Gasteiger charge is 2.14. The minimum absolute atomic E-state index is 0.686. The summed E-state index contributed by atoms with van der Waals surface area (Å²) in [4.78, 5) is 8.32. The van der Waals surface area contributed by atoms with Crippen LogP contribution in [0.15, 0.2) is 6.33 Å². The fourth-order valence-corrected chi connectivity index (χ4v) is 2.41. The molecule has 2 rings (SSSR count).